The number of rotatable bonds is 15. The molecule has 0 saturated heterocycles. The molecule has 0 spiro atoms. The number of hydrogen-bond acceptors (Lipinski definition) is 4. The molecule has 0 amide bonds. The topological polar surface area (TPSA) is 85.2 Å². The van der Waals surface area contributed by atoms with Gasteiger partial charge in [-0.3, -0.25) is 4.52 Å². The minimum atomic E-state index is -4.28. The highest BCUT2D eigenvalue weighted by molar-refractivity contribution is 7.46. The molecule has 0 radical (unpaired) electrons. The van der Waals surface area contributed by atoms with Crippen molar-refractivity contribution in [1.82, 2.24) is 0 Å². The summed E-state index contributed by atoms with van der Waals surface area (Å²) in [6.45, 7) is 6.45. The van der Waals surface area contributed by atoms with Crippen molar-refractivity contribution in [2.75, 3.05) is 26.4 Å². The van der Waals surface area contributed by atoms with E-state index in [9.17, 15) is 4.57 Å². The van der Waals surface area contributed by atoms with Gasteiger partial charge in [-0.05, 0) is 26.2 Å². The molecule has 21 heavy (non-hydrogen) atoms. The summed E-state index contributed by atoms with van der Waals surface area (Å²) >= 11 is 0. The fraction of sp³-hybridized carbons (Fsp3) is 1.00. The summed E-state index contributed by atoms with van der Waals surface area (Å²) < 4.78 is 25.8. The molecule has 0 aromatic rings. The van der Waals surface area contributed by atoms with Gasteiger partial charge in [0, 0.05) is 13.2 Å². The Morgan fingerprint density at radius 2 is 1.52 bits per heavy atom. The lowest BCUT2D eigenvalue weighted by Crippen LogP contribution is -2.16. The van der Waals surface area contributed by atoms with Gasteiger partial charge in [0.1, 0.15) is 0 Å². The minimum Gasteiger partial charge on any atom is -0.379 e. The molecule has 7 heteroatoms. The van der Waals surface area contributed by atoms with Crippen molar-refractivity contribution in [3.63, 3.8) is 0 Å². The summed E-state index contributed by atoms with van der Waals surface area (Å²) in [5.41, 5.74) is 0. The Morgan fingerprint density at radius 1 is 0.952 bits per heavy atom. The number of unbranched alkanes of at least 4 members (excludes halogenated alkanes) is 5. The predicted octanol–water partition coefficient (Wildman–Crippen LogP) is 3.27. The first kappa shape index (κ1) is 21.0. The van der Waals surface area contributed by atoms with E-state index in [-0.39, 0.29) is 12.7 Å². The predicted molar refractivity (Wildman–Crippen MR) is 82.2 cm³/mol. The van der Waals surface area contributed by atoms with Crippen LogP contribution in [0, 0.1) is 0 Å². The van der Waals surface area contributed by atoms with Crippen LogP contribution in [-0.2, 0) is 18.6 Å². The van der Waals surface area contributed by atoms with E-state index in [1.807, 2.05) is 6.92 Å². The Kier molecular flexibility index (Phi) is 13.7. The van der Waals surface area contributed by atoms with Gasteiger partial charge in [-0.15, -0.1) is 0 Å². The van der Waals surface area contributed by atoms with E-state index in [1.54, 1.807) is 0 Å². The summed E-state index contributed by atoms with van der Waals surface area (Å²) in [6, 6.07) is 0. The molecule has 0 aromatic heterocycles. The fourth-order valence-electron chi connectivity index (χ4n) is 1.81. The van der Waals surface area contributed by atoms with Gasteiger partial charge in [0.25, 0.3) is 0 Å². The second-order valence-corrected chi connectivity index (χ2v) is 6.44. The van der Waals surface area contributed by atoms with Crippen LogP contribution in [-0.4, -0.2) is 42.3 Å². The molecule has 0 fully saturated rings. The van der Waals surface area contributed by atoms with E-state index in [0.29, 0.717) is 13.0 Å². The molecule has 0 bridgehead atoms. The van der Waals surface area contributed by atoms with E-state index in [4.69, 9.17) is 19.3 Å². The second kappa shape index (κ2) is 13.7. The molecule has 2 N–H and O–H groups in total. The van der Waals surface area contributed by atoms with Gasteiger partial charge >= 0.3 is 7.82 Å². The fourth-order valence-corrected chi connectivity index (χ4v) is 2.18. The van der Waals surface area contributed by atoms with Crippen molar-refractivity contribution < 1.29 is 28.3 Å². The zero-order valence-electron chi connectivity index (χ0n) is 13.3. The molecular weight excluding hydrogens is 295 g/mol. The van der Waals surface area contributed by atoms with E-state index < -0.39 is 7.82 Å². The molecule has 0 rings (SSSR count). The normalized spacial score (nSPS) is 13.5. The van der Waals surface area contributed by atoms with E-state index in [2.05, 4.69) is 11.4 Å². The van der Waals surface area contributed by atoms with Crippen molar-refractivity contribution in [2.45, 2.75) is 64.9 Å². The van der Waals surface area contributed by atoms with Crippen LogP contribution in [0.4, 0.5) is 0 Å². The maximum Gasteiger partial charge on any atom is 0.469 e. The van der Waals surface area contributed by atoms with Crippen LogP contribution < -0.4 is 0 Å². The average Bonchev–Trinajstić information content (AvgIpc) is 2.41. The Balaban J connectivity index is 3.14. The minimum absolute atomic E-state index is 0.128. The lowest BCUT2D eigenvalue weighted by molar-refractivity contribution is -0.00715. The van der Waals surface area contributed by atoms with Crippen LogP contribution in [0.3, 0.4) is 0 Å². The first-order valence-electron chi connectivity index (χ1n) is 7.85. The maximum absolute atomic E-state index is 10.4. The smallest absolute Gasteiger partial charge is 0.379 e. The third-order valence-corrected chi connectivity index (χ3v) is 3.42. The summed E-state index contributed by atoms with van der Waals surface area (Å²) in [6.07, 6.45) is 7.14. The largest absolute Gasteiger partial charge is 0.469 e. The van der Waals surface area contributed by atoms with Gasteiger partial charge in [0.15, 0.2) is 0 Å². The molecule has 0 saturated carbocycles. The van der Waals surface area contributed by atoms with Crippen LogP contribution in [0.2, 0.25) is 0 Å². The molecule has 128 valence electrons. The lowest BCUT2D eigenvalue weighted by Gasteiger charge is -2.12. The van der Waals surface area contributed by atoms with E-state index in [1.165, 1.54) is 0 Å². The lowest BCUT2D eigenvalue weighted by atomic mass is 10.1. The van der Waals surface area contributed by atoms with Gasteiger partial charge < -0.3 is 19.3 Å². The first-order chi connectivity index (χ1) is 9.95. The summed E-state index contributed by atoms with van der Waals surface area (Å²) in [5.74, 6) is 0. The number of phosphoric acid groups is 1. The Labute approximate surface area is 128 Å². The van der Waals surface area contributed by atoms with Crippen LogP contribution in [0.15, 0.2) is 0 Å². The highest BCUT2D eigenvalue weighted by atomic mass is 31.2. The standard InChI is InChI=1S/C14H31O6P/c1-3-10-19-14(2)13-18-11-8-6-4-5-7-9-12-20-21(15,16)17/h14H,3-13H2,1-2H3,(H2,15,16,17). The SMILES string of the molecule is CCCOC(C)COCCCCCCCCOP(=O)(O)O. The van der Waals surface area contributed by atoms with Crippen molar-refractivity contribution in [1.29, 1.82) is 0 Å². The molecule has 0 aliphatic carbocycles. The van der Waals surface area contributed by atoms with Crippen LogP contribution in [0.25, 0.3) is 0 Å². The van der Waals surface area contributed by atoms with Gasteiger partial charge in [-0.2, -0.15) is 0 Å². The molecule has 1 atom stereocenters. The molecule has 0 heterocycles. The van der Waals surface area contributed by atoms with Gasteiger partial charge in [0.05, 0.1) is 19.3 Å². The monoisotopic (exact) mass is 326 g/mol. The molecule has 0 aromatic carbocycles. The quantitative estimate of drug-likeness (QED) is 0.355. The zero-order valence-corrected chi connectivity index (χ0v) is 14.2. The first-order valence-corrected chi connectivity index (χ1v) is 9.38. The summed E-state index contributed by atoms with van der Waals surface area (Å²) in [4.78, 5) is 17.0. The zero-order chi connectivity index (χ0) is 16.0. The van der Waals surface area contributed by atoms with Crippen molar-refractivity contribution in [2.24, 2.45) is 0 Å². The summed E-state index contributed by atoms with van der Waals surface area (Å²) in [7, 11) is -4.28. The number of hydrogen-bond donors (Lipinski definition) is 2. The van der Waals surface area contributed by atoms with Crippen LogP contribution in [0.1, 0.15) is 58.8 Å². The molecule has 1 unspecified atom stereocenters. The highest BCUT2D eigenvalue weighted by Gasteiger charge is 2.12. The van der Waals surface area contributed by atoms with Crippen molar-refractivity contribution >= 4 is 7.82 Å². The van der Waals surface area contributed by atoms with Crippen molar-refractivity contribution in [3.05, 3.63) is 0 Å². The van der Waals surface area contributed by atoms with Gasteiger partial charge in [0.2, 0.25) is 0 Å². The molecule has 6 nitrogen and oxygen atoms in total. The highest BCUT2D eigenvalue weighted by Crippen LogP contribution is 2.35. The Hall–Kier alpha value is 0.0300. The third-order valence-electron chi connectivity index (χ3n) is 2.90. The molecular formula is C14H31O6P. The maximum atomic E-state index is 10.4. The number of ether oxygens (including phenoxy) is 2. The van der Waals surface area contributed by atoms with Crippen molar-refractivity contribution in [3.8, 4) is 0 Å². The van der Waals surface area contributed by atoms with E-state index in [0.717, 1.165) is 51.7 Å². The van der Waals surface area contributed by atoms with E-state index >= 15 is 0 Å². The van der Waals surface area contributed by atoms with Gasteiger partial charge in [-0.1, -0.05) is 32.6 Å². The second-order valence-electron chi connectivity index (χ2n) is 5.20. The van der Waals surface area contributed by atoms with Crippen LogP contribution in [0.5, 0.6) is 0 Å². The number of phosphoric ester groups is 1. The molecule has 0 aliphatic rings. The average molecular weight is 326 g/mol. The third kappa shape index (κ3) is 18.0. The summed E-state index contributed by atoms with van der Waals surface area (Å²) in [5, 5.41) is 0. The van der Waals surface area contributed by atoms with Gasteiger partial charge in [-0.25, -0.2) is 4.57 Å². The Morgan fingerprint density at radius 3 is 2.10 bits per heavy atom. The molecule has 0 aliphatic heterocycles. The van der Waals surface area contributed by atoms with Crippen LogP contribution >= 0.6 is 7.82 Å². The Bertz CT molecular complexity index is 268.